The molecule has 3 heterocycles. The highest BCUT2D eigenvalue weighted by atomic mass is 32.1. The molecule has 0 bridgehead atoms. The summed E-state index contributed by atoms with van der Waals surface area (Å²) in [5.41, 5.74) is 1.23. The van der Waals surface area contributed by atoms with Gasteiger partial charge in [0, 0.05) is 4.88 Å². The number of thiazole rings is 1. The molecule has 0 amide bonds. The molecular formula is C23H19N2O6S2-. The van der Waals surface area contributed by atoms with Gasteiger partial charge in [-0.25, -0.2) is 9.79 Å². The third-order valence-electron chi connectivity index (χ3n) is 4.84. The normalized spacial score (nSPS) is 15.7. The van der Waals surface area contributed by atoms with Crippen LogP contribution in [-0.4, -0.2) is 29.7 Å². The first kappa shape index (κ1) is 22.7. The fourth-order valence-corrected chi connectivity index (χ4v) is 5.37. The van der Waals surface area contributed by atoms with Crippen LogP contribution in [0.4, 0.5) is 0 Å². The Labute approximate surface area is 196 Å². The van der Waals surface area contributed by atoms with Gasteiger partial charge in [-0.3, -0.25) is 9.36 Å². The number of ether oxygens (including phenoxy) is 2. The Morgan fingerprint density at radius 2 is 2.09 bits per heavy atom. The summed E-state index contributed by atoms with van der Waals surface area (Å²) >= 11 is 2.66. The molecule has 0 radical (unpaired) electrons. The van der Waals surface area contributed by atoms with E-state index in [-0.39, 0.29) is 12.2 Å². The maximum atomic E-state index is 13.5. The van der Waals surface area contributed by atoms with Gasteiger partial charge in [-0.05, 0) is 49.1 Å². The largest absolute Gasteiger partial charge is 0.546 e. The van der Waals surface area contributed by atoms with Crippen molar-refractivity contribution in [2.45, 2.75) is 19.9 Å². The maximum Gasteiger partial charge on any atom is 0.338 e. The Bertz CT molecular complexity index is 1420. The lowest BCUT2D eigenvalue weighted by atomic mass is 10.0. The van der Waals surface area contributed by atoms with Crippen molar-refractivity contribution in [3.8, 4) is 5.75 Å². The zero-order valence-corrected chi connectivity index (χ0v) is 19.4. The van der Waals surface area contributed by atoms with Crippen molar-refractivity contribution < 1.29 is 24.2 Å². The Kier molecular flexibility index (Phi) is 6.57. The molecule has 1 atom stereocenters. The molecule has 10 heteroatoms. The predicted octanol–water partition coefficient (Wildman–Crippen LogP) is 0.988. The van der Waals surface area contributed by atoms with Crippen LogP contribution in [0.15, 0.2) is 62.8 Å². The Hall–Kier alpha value is -3.50. The van der Waals surface area contributed by atoms with E-state index in [4.69, 9.17) is 9.47 Å². The van der Waals surface area contributed by atoms with Crippen LogP contribution in [0.1, 0.15) is 30.3 Å². The first-order valence-electron chi connectivity index (χ1n) is 10.0. The van der Waals surface area contributed by atoms with E-state index in [0.29, 0.717) is 31.9 Å². The fraction of sp³-hybridized carbons (Fsp3) is 0.217. The van der Waals surface area contributed by atoms with Crippen LogP contribution in [0.3, 0.4) is 0 Å². The lowest BCUT2D eigenvalue weighted by Gasteiger charge is -2.23. The highest BCUT2D eigenvalue weighted by Crippen LogP contribution is 2.33. The number of thiophene rings is 1. The average molecular weight is 484 g/mol. The summed E-state index contributed by atoms with van der Waals surface area (Å²) < 4.78 is 12.4. The van der Waals surface area contributed by atoms with Crippen LogP contribution < -0.4 is 24.7 Å². The van der Waals surface area contributed by atoms with Crippen LogP contribution in [0.2, 0.25) is 0 Å². The number of benzene rings is 1. The number of esters is 1. The Balaban J connectivity index is 1.83. The van der Waals surface area contributed by atoms with Crippen molar-refractivity contribution in [1.29, 1.82) is 0 Å². The molecular weight excluding hydrogens is 464 g/mol. The number of allylic oxidation sites excluding steroid dienone is 1. The van der Waals surface area contributed by atoms with Gasteiger partial charge in [-0.2, -0.15) is 0 Å². The average Bonchev–Trinajstić information content (AvgIpc) is 3.41. The molecule has 33 heavy (non-hydrogen) atoms. The van der Waals surface area contributed by atoms with Crippen molar-refractivity contribution in [3.63, 3.8) is 0 Å². The van der Waals surface area contributed by atoms with E-state index >= 15 is 0 Å². The molecule has 0 spiro atoms. The molecule has 3 aromatic rings. The summed E-state index contributed by atoms with van der Waals surface area (Å²) in [5, 5.41) is 12.5. The predicted molar refractivity (Wildman–Crippen MR) is 122 cm³/mol. The van der Waals surface area contributed by atoms with Crippen molar-refractivity contribution in [2.75, 3.05) is 13.2 Å². The quantitative estimate of drug-likeness (QED) is 0.464. The number of aromatic nitrogens is 1. The van der Waals surface area contributed by atoms with Gasteiger partial charge in [0.1, 0.15) is 18.4 Å². The standard InChI is InChI=1S/C23H20N2O6S2/c1-3-30-22(29)19-13(2)24-23-25(20(19)16-8-5-9-32-16)21(28)17(33-23)11-14-6-4-7-15(10-14)31-12-18(26)27/h4-11,20H,3,12H2,1-2H3,(H,26,27)/p-1/b17-11+/t20-/m1/s1. The van der Waals surface area contributed by atoms with Crippen molar-refractivity contribution in [1.82, 2.24) is 4.57 Å². The second-order valence-electron chi connectivity index (χ2n) is 7.05. The molecule has 0 saturated carbocycles. The summed E-state index contributed by atoms with van der Waals surface area (Å²) in [7, 11) is 0. The van der Waals surface area contributed by atoms with Gasteiger partial charge < -0.3 is 19.4 Å². The van der Waals surface area contributed by atoms with Gasteiger partial charge in [-0.1, -0.05) is 29.5 Å². The summed E-state index contributed by atoms with van der Waals surface area (Å²) in [6.07, 6.45) is 1.69. The molecule has 1 aliphatic heterocycles. The molecule has 0 saturated heterocycles. The number of hydrogen-bond donors (Lipinski definition) is 0. The summed E-state index contributed by atoms with van der Waals surface area (Å²) in [5.74, 6) is -1.48. The number of carboxylic acids is 1. The van der Waals surface area contributed by atoms with E-state index in [9.17, 15) is 19.5 Å². The topological polar surface area (TPSA) is 110 Å². The van der Waals surface area contributed by atoms with Crippen LogP contribution >= 0.6 is 22.7 Å². The highest BCUT2D eigenvalue weighted by Gasteiger charge is 2.33. The molecule has 170 valence electrons. The van der Waals surface area contributed by atoms with Gasteiger partial charge in [0.05, 0.1) is 28.4 Å². The maximum absolute atomic E-state index is 13.5. The molecule has 0 fully saturated rings. The molecule has 0 unspecified atom stereocenters. The number of fused-ring (bicyclic) bond motifs is 1. The molecule has 0 aliphatic carbocycles. The number of carboxylic acid groups (broad SMARTS) is 1. The van der Waals surface area contributed by atoms with Gasteiger partial charge in [0.25, 0.3) is 5.56 Å². The Morgan fingerprint density at radius 3 is 2.79 bits per heavy atom. The first-order valence-corrected chi connectivity index (χ1v) is 11.7. The molecule has 1 aliphatic rings. The highest BCUT2D eigenvalue weighted by molar-refractivity contribution is 7.10. The van der Waals surface area contributed by atoms with Crippen LogP contribution in [0, 0.1) is 0 Å². The van der Waals surface area contributed by atoms with E-state index in [1.165, 1.54) is 27.2 Å². The molecule has 1 aromatic carbocycles. The second kappa shape index (κ2) is 9.55. The SMILES string of the molecule is CCOC(=O)C1=C(C)N=c2s/c(=C/c3cccc(OCC(=O)[O-])c3)c(=O)n2[C@@H]1c1cccs1. The zero-order chi connectivity index (χ0) is 23.5. The molecule has 2 aromatic heterocycles. The van der Waals surface area contributed by atoms with Crippen LogP contribution in [-0.2, 0) is 14.3 Å². The van der Waals surface area contributed by atoms with Gasteiger partial charge in [-0.15, -0.1) is 11.3 Å². The summed E-state index contributed by atoms with van der Waals surface area (Å²) in [6, 6.07) is 9.84. The third kappa shape index (κ3) is 4.67. The molecule has 4 rings (SSSR count). The smallest absolute Gasteiger partial charge is 0.338 e. The fourth-order valence-electron chi connectivity index (χ4n) is 3.50. The number of aliphatic carboxylic acids is 1. The van der Waals surface area contributed by atoms with Crippen molar-refractivity contribution >= 4 is 40.7 Å². The first-order chi connectivity index (χ1) is 15.9. The van der Waals surface area contributed by atoms with Gasteiger partial charge in [0.2, 0.25) is 0 Å². The third-order valence-corrected chi connectivity index (χ3v) is 6.75. The van der Waals surface area contributed by atoms with Crippen molar-refractivity contribution in [3.05, 3.63) is 83.2 Å². The number of nitrogens with zero attached hydrogens (tertiary/aromatic N) is 2. The van der Waals surface area contributed by atoms with E-state index in [0.717, 1.165) is 4.88 Å². The minimum absolute atomic E-state index is 0.216. The lowest BCUT2D eigenvalue weighted by molar-refractivity contribution is -0.307. The van der Waals surface area contributed by atoms with Gasteiger partial charge >= 0.3 is 5.97 Å². The minimum atomic E-state index is -1.32. The molecule has 0 N–H and O–H groups in total. The second-order valence-corrected chi connectivity index (χ2v) is 9.04. The van der Waals surface area contributed by atoms with E-state index in [1.807, 2.05) is 17.5 Å². The van der Waals surface area contributed by atoms with Gasteiger partial charge in [0.15, 0.2) is 4.80 Å². The summed E-state index contributed by atoms with van der Waals surface area (Å²) in [4.78, 5) is 42.7. The van der Waals surface area contributed by atoms with E-state index in [1.54, 1.807) is 44.2 Å². The lowest BCUT2D eigenvalue weighted by Crippen LogP contribution is -2.39. The number of carbonyl (C=O) groups excluding carboxylic acids is 2. The molecule has 8 nitrogen and oxygen atoms in total. The van der Waals surface area contributed by atoms with E-state index in [2.05, 4.69) is 4.99 Å². The number of rotatable bonds is 7. The number of hydrogen-bond acceptors (Lipinski definition) is 9. The Morgan fingerprint density at radius 1 is 1.27 bits per heavy atom. The van der Waals surface area contributed by atoms with Crippen LogP contribution in [0.5, 0.6) is 5.75 Å². The minimum Gasteiger partial charge on any atom is -0.546 e. The summed E-state index contributed by atoms with van der Waals surface area (Å²) in [6.45, 7) is 3.12. The van der Waals surface area contributed by atoms with Crippen LogP contribution in [0.25, 0.3) is 6.08 Å². The van der Waals surface area contributed by atoms with Crippen molar-refractivity contribution in [2.24, 2.45) is 4.99 Å². The monoisotopic (exact) mass is 483 g/mol. The van der Waals surface area contributed by atoms with E-state index < -0.39 is 24.6 Å². The zero-order valence-electron chi connectivity index (χ0n) is 17.8. The number of carbonyl (C=O) groups is 2.